The fraction of sp³-hybridized carbons (Fsp3) is 0.917. The topological polar surface area (TPSA) is 43.8 Å². The number of aliphatic hydroxyl groups is 1. The molecule has 2 heterocycles. The van der Waals surface area contributed by atoms with Crippen molar-refractivity contribution in [1.29, 1.82) is 0 Å². The second-order valence-electron chi connectivity index (χ2n) is 5.56. The molecule has 0 bridgehead atoms. The zero-order chi connectivity index (χ0) is 11.2. The molecule has 4 nitrogen and oxygen atoms in total. The molecule has 1 N–H and O–H groups in total. The van der Waals surface area contributed by atoms with Gasteiger partial charge in [0.05, 0.1) is 13.1 Å². The van der Waals surface area contributed by atoms with Gasteiger partial charge in [0.15, 0.2) is 0 Å². The molecule has 3 fully saturated rings. The van der Waals surface area contributed by atoms with E-state index in [1.165, 1.54) is 6.42 Å². The number of hydrogen-bond acceptors (Lipinski definition) is 2. The summed E-state index contributed by atoms with van der Waals surface area (Å²) in [5.41, 5.74) is -0.536. The van der Waals surface area contributed by atoms with Crippen molar-refractivity contribution in [3.63, 3.8) is 0 Å². The van der Waals surface area contributed by atoms with Gasteiger partial charge < -0.3 is 14.9 Å². The zero-order valence-corrected chi connectivity index (χ0v) is 9.69. The number of urea groups is 1. The SMILES string of the molecule is O=C(N1CCCCC1)N1CC(O)(C2CC2)C1. The fourth-order valence-corrected chi connectivity index (χ4v) is 2.91. The summed E-state index contributed by atoms with van der Waals surface area (Å²) in [4.78, 5) is 15.8. The van der Waals surface area contributed by atoms with Gasteiger partial charge in [0.25, 0.3) is 0 Å². The Morgan fingerprint density at radius 1 is 1.06 bits per heavy atom. The van der Waals surface area contributed by atoms with E-state index in [0.717, 1.165) is 38.8 Å². The van der Waals surface area contributed by atoms with Crippen LogP contribution in [-0.2, 0) is 0 Å². The first kappa shape index (κ1) is 10.4. The van der Waals surface area contributed by atoms with Gasteiger partial charge in [-0.15, -0.1) is 0 Å². The van der Waals surface area contributed by atoms with Crippen LogP contribution in [0.3, 0.4) is 0 Å². The van der Waals surface area contributed by atoms with Gasteiger partial charge in [-0.3, -0.25) is 0 Å². The number of β-amino-alcohol motifs (C(OH)–C–C–N with tert-alkyl or cyclic N) is 1. The number of carbonyl (C=O) groups is 1. The number of likely N-dealkylation sites (tertiary alicyclic amines) is 2. The van der Waals surface area contributed by atoms with Gasteiger partial charge in [0.1, 0.15) is 5.60 Å². The van der Waals surface area contributed by atoms with E-state index >= 15 is 0 Å². The molecule has 2 saturated heterocycles. The predicted molar refractivity (Wildman–Crippen MR) is 60.1 cm³/mol. The molecule has 2 amide bonds. The van der Waals surface area contributed by atoms with Crippen molar-refractivity contribution in [2.24, 2.45) is 5.92 Å². The number of rotatable bonds is 1. The molecule has 0 aromatic carbocycles. The second-order valence-corrected chi connectivity index (χ2v) is 5.56. The molecule has 0 atom stereocenters. The lowest BCUT2D eigenvalue weighted by Crippen LogP contribution is -2.67. The minimum atomic E-state index is -0.536. The summed E-state index contributed by atoms with van der Waals surface area (Å²) in [7, 11) is 0. The molecule has 16 heavy (non-hydrogen) atoms. The molecule has 0 radical (unpaired) electrons. The number of piperidine rings is 1. The van der Waals surface area contributed by atoms with Crippen molar-refractivity contribution in [2.75, 3.05) is 26.2 Å². The van der Waals surface area contributed by atoms with E-state index in [9.17, 15) is 9.90 Å². The van der Waals surface area contributed by atoms with Crippen LogP contribution in [0.2, 0.25) is 0 Å². The number of nitrogens with zero attached hydrogens (tertiary/aromatic N) is 2. The molecule has 0 spiro atoms. The van der Waals surface area contributed by atoms with Crippen LogP contribution in [0.1, 0.15) is 32.1 Å². The highest BCUT2D eigenvalue weighted by molar-refractivity contribution is 5.76. The van der Waals surface area contributed by atoms with E-state index in [-0.39, 0.29) is 6.03 Å². The van der Waals surface area contributed by atoms with Gasteiger partial charge in [-0.2, -0.15) is 0 Å². The smallest absolute Gasteiger partial charge is 0.320 e. The molecule has 4 heteroatoms. The van der Waals surface area contributed by atoms with E-state index in [1.807, 2.05) is 9.80 Å². The van der Waals surface area contributed by atoms with Gasteiger partial charge in [0.2, 0.25) is 0 Å². The van der Waals surface area contributed by atoms with Crippen LogP contribution in [0.15, 0.2) is 0 Å². The summed E-state index contributed by atoms with van der Waals surface area (Å²) >= 11 is 0. The Hall–Kier alpha value is -0.770. The average Bonchev–Trinajstić information content (AvgIpc) is 3.09. The average molecular weight is 224 g/mol. The summed E-state index contributed by atoms with van der Waals surface area (Å²) in [6.07, 6.45) is 5.79. The maximum Gasteiger partial charge on any atom is 0.320 e. The summed E-state index contributed by atoms with van der Waals surface area (Å²) in [5.74, 6) is 0.470. The molecule has 0 aromatic heterocycles. The third-order valence-corrected chi connectivity index (χ3v) is 4.16. The van der Waals surface area contributed by atoms with E-state index in [2.05, 4.69) is 0 Å². The lowest BCUT2D eigenvalue weighted by atomic mass is 9.89. The standard InChI is InChI=1S/C12H20N2O2/c15-11(13-6-2-1-3-7-13)14-8-12(16,9-14)10-4-5-10/h10,16H,1-9H2. The van der Waals surface area contributed by atoms with E-state index < -0.39 is 5.60 Å². The highest BCUT2D eigenvalue weighted by Crippen LogP contribution is 2.44. The normalized spacial score (nSPS) is 28.8. The third-order valence-electron chi connectivity index (χ3n) is 4.16. The number of amides is 2. The summed E-state index contributed by atoms with van der Waals surface area (Å²) in [6, 6.07) is 0.144. The van der Waals surface area contributed by atoms with Crippen LogP contribution in [0.5, 0.6) is 0 Å². The van der Waals surface area contributed by atoms with Crippen molar-refractivity contribution >= 4 is 6.03 Å². The van der Waals surface area contributed by atoms with Crippen LogP contribution in [0, 0.1) is 5.92 Å². The van der Waals surface area contributed by atoms with Gasteiger partial charge in [-0.05, 0) is 38.0 Å². The molecule has 1 aliphatic carbocycles. The Kier molecular flexibility index (Phi) is 2.35. The molecule has 3 rings (SSSR count). The third kappa shape index (κ3) is 1.69. The molecule has 90 valence electrons. The lowest BCUT2D eigenvalue weighted by Gasteiger charge is -2.48. The van der Waals surface area contributed by atoms with Crippen molar-refractivity contribution in [3.05, 3.63) is 0 Å². The highest BCUT2D eigenvalue weighted by Gasteiger charge is 2.53. The van der Waals surface area contributed by atoms with Crippen LogP contribution < -0.4 is 0 Å². The maximum absolute atomic E-state index is 12.1. The second kappa shape index (κ2) is 3.62. The molecule has 2 aliphatic heterocycles. The minimum absolute atomic E-state index is 0.144. The van der Waals surface area contributed by atoms with Gasteiger partial charge in [-0.25, -0.2) is 4.79 Å². The Bertz CT molecular complexity index is 289. The zero-order valence-electron chi connectivity index (χ0n) is 9.69. The van der Waals surface area contributed by atoms with Crippen LogP contribution in [-0.4, -0.2) is 52.7 Å². The van der Waals surface area contributed by atoms with Crippen LogP contribution in [0.25, 0.3) is 0 Å². The van der Waals surface area contributed by atoms with Crippen molar-refractivity contribution in [3.8, 4) is 0 Å². The van der Waals surface area contributed by atoms with Crippen molar-refractivity contribution in [2.45, 2.75) is 37.7 Å². The monoisotopic (exact) mass is 224 g/mol. The lowest BCUT2D eigenvalue weighted by molar-refractivity contribution is -0.0968. The quantitative estimate of drug-likeness (QED) is 0.723. The maximum atomic E-state index is 12.1. The molecule has 3 aliphatic rings. The summed E-state index contributed by atoms with van der Waals surface area (Å²) in [6.45, 7) is 2.92. The molecular weight excluding hydrogens is 204 g/mol. The minimum Gasteiger partial charge on any atom is -0.386 e. The van der Waals surface area contributed by atoms with Crippen molar-refractivity contribution in [1.82, 2.24) is 9.80 Å². The van der Waals surface area contributed by atoms with Gasteiger partial charge in [0, 0.05) is 13.1 Å². The Balaban J connectivity index is 1.53. The predicted octanol–water partition coefficient (Wildman–Crippen LogP) is 1.05. The number of carbonyl (C=O) groups excluding carboxylic acids is 1. The molecule has 0 unspecified atom stereocenters. The molecule has 0 aromatic rings. The summed E-state index contributed by atoms with van der Waals surface area (Å²) < 4.78 is 0. The van der Waals surface area contributed by atoms with Gasteiger partial charge >= 0.3 is 6.03 Å². The highest BCUT2D eigenvalue weighted by atomic mass is 16.3. The summed E-state index contributed by atoms with van der Waals surface area (Å²) in [5, 5.41) is 10.2. The Morgan fingerprint density at radius 2 is 1.69 bits per heavy atom. The first-order chi connectivity index (χ1) is 7.69. The van der Waals surface area contributed by atoms with Gasteiger partial charge in [-0.1, -0.05) is 0 Å². The molecular formula is C12H20N2O2. The molecule has 1 saturated carbocycles. The Morgan fingerprint density at radius 3 is 2.25 bits per heavy atom. The van der Waals surface area contributed by atoms with Crippen molar-refractivity contribution < 1.29 is 9.90 Å². The van der Waals surface area contributed by atoms with E-state index in [1.54, 1.807) is 0 Å². The van der Waals surface area contributed by atoms with Crippen LogP contribution in [0.4, 0.5) is 4.79 Å². The van der Waals surface area contributed by atoms with Crippen LogP contribution >= 0.6 is 0 Å². The fourth-order valence-electron chi connectivity index (χ4n) is 2.91. The first-order valence-corrected chi connectivity index (χ1v) is 6.45. The van der Waals surface area contributed by atoms with E-state index in [4.69, 9.17) is 0 Å². The largest absolute Gasteiger partial charge is 0.386 e. The number of hydrogen-bond donors (Lipinski definition) is 1. The first-order valence-electron chi connectivity index (χ1n) is 6.45. The Labute approximate surface area is 96.2 Å². The van der Waals surface area contributed by atoms with E-state index in [0.29, 0.717) is 19.0 Å².